The van der Waals surface area contributed by atoms with E-state index in [2.05, 4.69) is 87.1 Å². The van der Waals surface area contributed by atoms with E-state index in [-0.39, 0.29) is 101 Å². The summed E-state index contributed by atoms with van der Waals surface area (Å²) in [6.07, 6.45) is 6.12. The molecule has 8 N–H and O–H groups in total. The van der Waals surface area contributed by atoms with Crippen LogP contribution >= 0.6 is 0 Å². The van der Waals surface area contributed by atoms with Crippen LogP contribution in [0.25, 0.3) is 0 Å². The molecule has 4 aromatic rings. The maximum absolute atomic E-state index is 12.9. The van der Waals surface area contributed by atoms with Crippen molar-refractivity contribution < 1.29 is 87.0 Å². The summed E-state index contributed by atoms with van der Waals surface area (Å²) in [6, 6.07) is 12.8. The van der Waals surface area contributed by atoms with E-state index in [4.69, 9.17) is 88.0 Å². The molecule has 16 atom stereocenters. The molecule has 12 unspecified atom stereocenters. The van der Waals surface area contributed by atoms with Gasteiger partial charge in [0.2, 0.25) is 0 Å². The molecule has 0 aromatic heterocycles. The fourth-order valence-corrected chi connectivity index (χ4v) is 19.0. The summed E-state index contributed by atoms with van der Waals surface area (Å²) in [5, 5.41) is 0. The van der Waals surface area contributed by atoms with E-state index >= 15 is 0 Å². The van der Waals surface area contributed by atoms with Gasteiger partial charge < -0.3 is 79.8 Å². The lowest BCUT2D eigenvalue weighted by Crippen LogP contribution is -2.51. The van der Waals surface area contributed by atoms with E-state index in [1.807, 2.05) is 80.5 Å². The molecule has 24 nitrogen and oxygen atoms in total. The molecule has 4 aromatic carbocycles. The van der Waals surface area contributed by atoms with Gasteiger partial charge in [-0.25, -0.2) is 0 Å². The zero-order valence-electron chi connectivity index (χ0n) is 85.0. The highest BCUT2D eigenvalue weighted by molar-refractivity contribution is 5.78. The Labute approximate surface area is 736 Å². The number of hydrogen-bond donors (Lipinski definition) is 4. The first-order valence-electron chi connectivity index (χ1n) is 48.4. The van der Waals surface area contributed by atoms with E-state index < -0.39 is 62.3 Å². The van der Waals surface area contributed by atoms with Crippen molar-refractivity contribution in [2.75, 3.05) is 109 Å². The first-order chi connectivity index (χ1) is 60.3. The van der Waals surface area contributed by atoms with Crippen molar-refractivity contribution >= 4 is 23.9 Å². The number of ether oxygens (including phenoxy) is 12. The second-order valence-electron chi connectivity index (χ2n) is 38.7. The van der Waals surface area contributed by atoms with Crippen LogP contribution in [0.4, 0.5) is 0 Å². The summed E-state index contributed by atoms with van der Waals surface area (Å²) in [7, 11) is 4.46. The molecule has 0 radical (unpaired) electrons. The molecule has 4 saturated heterocycles. The Balaban J connectivity index is 0.000000194. The number of carbonyl (C=O) groups is 4. The number of fused-ring (bicyclic) bond motifs is 12. The maximum Gasteiger partial charge on any atom is 0.323 e. The molecule has 0 bridgehead atoms. The van der Waals surface area contributed by atoms with Crippen LogP contribution in [-0.2, 0) is 63.8 Å². The summed E-state index contributed by atoms with van der Waals surface area (Å²) < 4.78 is 131. The summed E-state index contributed by atoms with van der Waals surface area (Å²) >= 11 is 0. The minimum Gasteiger partial charge on any atom is -0.493 e. The number of piperidine rings is 4. The van der Waals surface area contributed by atoms with Gasteiger partial charge in [-0.2, -0.15) is 0 Å². The Bertz CT molecular complexity index is 4410. The number of nitrogens with two attached hydrogens (primary N) is 4. The number of nitrogens with zero attached hydrogens (tertiary/aromatic N) is 4. The molecular weight excluding hydrogens is 1530 g/mol. The van der Waals surface area contributed by atoms with Crippen molar-refractivity contribution in [3.8, 4) is 46.0 Å². The molecule has 8 heterocycles. The van der Waals surface area contributed by atoms with Gasteiger partial charge >= 0.3 is 23.9 Å². The molecule has 4 fully saturated rings. The van der Waals surface area contributed by atoms with Crippen LogP contribution in [0.15, 0.2) is 48.5 Å². The standard InChI is InChI=1S/C25H40N2O4.3C24H38N2O4/c1-15(2)10-17-14-27-9-8-16-11-21(29-6)22(30-7)12-18(16)19(27)13-20(17)31-24(28)23(26)25(3,4)5;3*1-14(2)9-17-13-26-8-7-16-10-21(28-5)22(29-6)11-18(16)19(26)12-20(17)30-24(27)23(25)15(3)4/h11-12,15,17,19-20,23H,8-10,13-14,26H2,1-7H3;3*10-11,14-15,17,19-20,23H,7-9,12-13,25H2,1-6H3/t4*17?,19?,20?,23-/m1000/s1/i;5D3,20D;20D;5D3. The fourth-order valence-electron chi connectivity index (χ4n) is 19.0. The van der Waals surface area contributed by atoms with Crippen LogP contribution < -0.4 is 60.8 Å². The van der Waals surface area contributed by atoms with Crippen molar-refractivity contribution in [3.63, 3.8) is 0 Å². The number of carbonyl (C=O) groups excluding carboxylic acids is 4. The third kappa shape index (κ3) is 24.3. The maximum atomic E-state index is 12.9. The van der Waals surface area contributed by atoms with Gasteiger partial charge in [-0.05, 0) is 191 Å². The average Bonchev–Trinajstić information content (AvgIpc) is 0.738. The molecule has 0 saturated carbocycles. The zero-order valence-corrected chi connectivity index (χ0v) is 77.0. The van der Waals surface area contributed by atoms with Gasteiger partial charge in [0.25, 0.3) is 0 Å². The molecule has 678 valence electrons. The minimum atomic E-state index is -2.59. The molecule has 24 heteroatoms. The van der Waals surface area contributed by atoms with Gasteiger partial charge in [0.05, 0.1) is 67.7 Å². The van der Waals surface area contributed by atoms with E-state index in [0.29, 0.717) is 72.6 Å². The summed E-state index contributed by atoms with van der Waals surface area (Å²) in [6.45, 7) is 41.3. The van der Waals surface area contributed by atoms with Gasteiger partial charge in [0.1, 0.15) is 48.5 Å². The predicted molar refractivity (Wildman–Crippen MR) is 476 cm³/mol. The first-order valence-corrected chi connectivity index (χ1v) is 44.4. The van der Waals surface area contributed by atoms with E-state index in [1.54, 1.807) is 46.6 Å². The quantitative estimate of drug-likeness (QED) is 0.0318. The first kappa shape index (κ1) is 86.0. The molecular formula is C97H154N8O16. The largest absolute Gasteiger partial charge is 0.493 e. The Morgan fingerprint density at radius 1 is 0.364 bits per heavy atom. The van der Waals surface area contributed by atoms with Crippen LogP contribution in [-0.4, -0.2) is 201 Å². The highest BCUT2D eigenvalue weighted by Crippen LogP contribution is 2.50. The summed E-state index contributed by atoms with van der Waals surface area (Å²) in [4.78, 5) is 60.9. The third-order valence-corrected chi connectivity index (χ3v) is 26.0. The minimum absolute atomic E-state index is 0.00690. The lowest BCUT2D eigenvalue weighted by molar-refractivity contribution is -0.162. The third-order valence-electron chi connectivity index (χ3n) is 26.0. The summed E-state index contributed by atoms with van der Waals surface area (Å²) in [5.41, 5.74) is 33.0. The van der Waals surface area contributed by atoms with Crippen molar-refractivity contribution in [3.05, 3.63) is 93.0 Å². The van der Waals surface area contributed by atoms with E-state index in [0.717, 1.165) is 149 Å². The van der Waals surface area contributed by atoms with E-state index in [9.17, 15) is 21.9 Å². The van der Waals surface area contributed by atoms with Crippen molar-refractivity contribution in [1.29, 1.82) is 0 Å². The SMILES string of the molecule is COc1cc2c(cc1OC)C1CC(OC(=O)[C@@H](N)C(C)(C)C)C(CC(C)C)CN1CC2.[2H]C([2H])([2H])Oc1cc2c(cc1OC)C1CC(OC(=O)[C@@H](N)C(C)C)C(CC(C)C)CN1CC2.[2H]C([2H])([2H])Oc1cc2c(cc1OC)C1CC([2H])(OC(=O)[C@@H](N)C(C)C)C(CC(C)C)CN1CC2.[2H]C1(OC(=O)[C@@H](N)C(C)C)CC2c3cc(OC)c(OC)cc3CCN2CC1CC(C)C. The smallest absolute Gasteiger partial charge is 0.323 e. The second-order valence-corrected chi connectivity index (χ2v) is 38.7. The van der Waals surface area contributed by atoms with Crippen LogP contribution in [0.2, 0.25) is 0 Å². The highest BCUT2D eigenvalue weighted by Gasteiger charge is 2.48. The van der Waals surface area contributed by atoms with E-state index in [1.165, 1.54) is 30.9 Å². The molecule has 0 amide bonds. The Hall–Kier alpha value is -7.16. The number of rotatable bonds is 27. The Morgan fingerprint density at radius 3 is 0.860 bits per heavy atom. The molecule has 12 rings (SSSR count). The summed E-state index contributed by atoms with van der Waals surface area (Å²) in [5.74, 6) is 4.42. The number of benzene rings is 4. The lowest BCUT2D eigenvalue weighted by atomic mass is 9.79. The van der Waals surface area contributed by atoms with Gasteiger partial charge in [0.15, 0.2) is 46.0 Å². The Morgan fingerprint density at radius 2 is 0.603 bits per heavy atom. The number of esters is 4. The molecule has 0 spiro atoms. The van der Waals surface area contributed by atoms with Gasteiger partial charge in [-0.1, -0.05) is 118 Å². The topological polar surface area (TPSA) is 296 Å². The highest BCUT2D eigenvalue weighted by atomic mass is 16.6. The van der Waals surface area contributed by atoms with Gasteiger partial charge in [-0.3, -0.25) is 38.8 Å². The number of methoxy groups -OCH3 is 8. The molecule has 8 aliphatic rings. The van der Waals surface area contributed by atoms with Crippen LogP contribution in [0, 0.1) is 70.5 Å². The van der Waals surface area contributed by atoms with Crippen LogP contribution in [0.5, 0.6) is 46.0 Å². The average molecular weight is 1700 g/mol. The number of hydrogen-bond acceptors (Lipinski definition) is 24. The predicted octanol–water partition coefficient (Wildman–Crippen LogP) is 14.6. The normalized spacial score (nSPS) is 27.3. The Kier molecular flexibility index (Phi) is 31.0. The molecule has 0 aliphatic carbocycles. The van der Waals surface area contributed by atoms with Crippen LogP contribution in [0.1, 0.15) is 249 Å². The molecule has 8 aliphatic heterocycles. The van der Waals surface area contributed by atoms with Gasteiger partial charge in [-0.15, -0.1) is 0 Å². The van der Waals surface area contributed by atoms with Crippen LogP contribution in [0.3, 0.4) is 0 Å². The van der Waals surface area contributed by atoms with Crippen molar-refractivity contribution in [2.24, 2.45) is 93.4 Å². The van der Waals surface area contributed by atoms with Gasteiger partial charge in [0, 0.05) is 126 Å². The monoisotopic (exact) mass is 1700 g/mol. The second kappa shape index (κ2) is 43.6. The van der Waals surface area contributed by atoms with Crippen molar-refractivity contribution in [2.45, 2.75) is 267 Å². The van der Waals surface area contributed by atoms with Crippen molar-refractivity contribution in [1.82, 2.24) is 19.6 Å². The lowest BCUT2D eigenvalue weighted by Gasteiger charge is -2.47. The fraction of sp³-hybridized carbons (Fsp3) is 0.711. The zero-order chi connectivity index (χ0) is 95.8. The molecule has 121 heavy (non-hydrogen) atoms.